The highest BCUT2D eigenvalue weighted by Gasteiger charge is 2.75. The summed E-state index contributed by atoms with van der Waals surface area (Å²) in [7, 11) is 0. The number of nitriles is 1. The zero-order chi connectivity index (χ0) is 23.0. The van der Waals surface area contributed by atoms with E-state index in [-0.39, 0.29) is 45.6 Å². The Labute approximate surface area is 189 Å². The predicted octanol–water partition coefficient (Wildman–Crippen LogP) is 4.91. The van der Waals surface area contributed by atoms with E-state index in [9.17, 15) is 9.59 Å². The number of benzene rings is 1. The maximum Gasteiger partial charge on any atom is 0.226 e. The van der Waals surface area contributed by atoms with Gasteiger partial charge in [-0.3, -0.25) is 9.59 Å². The van der Waals surface area contributed by atoms with Crippen molar-refractivity contribution < 1.29 is 14.3 Å². The number of nitrogens with one attached hydrogen (secondary N) is 1. The molecule has 0 atom stereocenters. The molecule has 1 aromatic carbocycles. The summed E-state index contributed by atoms with van der Waals surface area (Å²) in [5, 5.41) is 12.7. The van der Waals surface area contributed by atoms with Gasteiger partial charge in [0.2, 0.25) is 5.91 Å². The average molecular weight is 443 g/mol. The SMILES string of the molecule is CC(C)C(=O)C12CC(C(=O)NC3C(C)(C)C(Oc4ccc(C#N)c(Cl)c4)C3(C)C)(C1)C2. The second-order valence-electron chi connectivity index (χ2n) is 11.4. The predicted molar refractivity (Wildman–Crippen MR) is 119 cm³/mol. The Balaban J connectivity index is 1.42. The van der Waals surface area contributed by atoms with Crippen LogP contribution in [-0.2, 0) is 9.59 Å². The van der Waals surface area contributed by atoms with Crippen LogP contribution in [0.5, 0.6) is 5.75 Å². The molecule has 4 fully saturated rings. The fraction of sp³-hybridized carbons (Fsp3) is 0.640. The van der Waals surface area contributed by atoms with Gasteiger partial charge in [-0.25, -0.2) is 0 Å². The number of Topliss-reactive ketones (excluding diaryl/α,β-unsaturated/α-hetero) is 1. The molecule has 31 heavy (non-hydrogen) atoms. The molecule has 5 rings (SSSR count). The van der Waals surface area contributed by atoms with Crippen LogP contribution >= 0.6 is 11.6 Å². The molecule has 0 radical (unpaired) electrons. The average Bonchev–Trinajstić information content (AvgIpc) is 2.61. The van der Waals surface area contributed by atoms with Crippen LogP contribution in [0.3, 0.4) is 0 Å². The van der Waals surface area contributed by atoms with Gasteiger partial charge in [-0.1, -0.05) is 53.1 Å². The van der Waals surface area contributed by atoms with Crippen LogP contribution in [0.1, 0.15) is 66.4 Å². The highest BCUT2D eigenvalue weighted by Crippen LogP contribution is 2.74. The Morgan fingerprint density at radius 1 is 1.13 bits per heavy atom. The van der Waals surface area contributed by atoms with E-state index in [1.165, 1.54) is 0 Å². The van der Waals surface area contributed by atoms with E-state index in [2.05, 4.69) is 39.1 Å². The standard InChI is InChI=1S/C25H31ClN2O3/c1-14(2)18(29)24-11-25(12-24,13-24)21(30)28-19-22(3,4)20(23(19,5)6)31-16-8-7-15(10-27)17(26)9-16/h7-9,14,19-20H,11-13H2,1-6H3,(H,28,30). The number of hydrogen-bond acceptors (Lipinski definition) is 4. The van der Waals surface area contributed by atoms with E-state index < -0.39 is 0 Å². The zero-order valence-electron chi connectivity index (χ0n) is 19.1. The second kappa shape index (κ2) is 6.72. The third kappa shape index (κ3) is 3.02. The van der Waals surface area contributed by atoms with Crippen molar-refractivity contribution in [3.05, 3.63) is 28.8 Å². The van der Waals surface area contributed by atoms with Crippen LogP contribution in [0.4, 0.5) is 0 Å². The van der Waals surface area contributed by atoms with Gasteiger partial charge in [0.25, 0.3) is 0 Å². The molecule has 1 aromatic rings. The van der Waals surface area contributed by atoms with E-state index in [1.807, 2.05) is 13.8 Å². The van der Waals surface area contributed by atoms with E-state index >= 15 is 0 Å². The molecule has 2 bridgehead atoms. The molecule has 0 saturated heterocycles. The molecule has 4 aliphatic rings. The smallest absolute Gasteiger partial charge is 0.226 e. The monoisotopic (exact) mass is 442 g/mol. The Hall–Kier alpha value is -2.06. The molecule has 0 unspecified atom stereocenters. The summed E-state index contributed by atoms with van der Waals surface area (Å²) in [4.78, 5) is 25.6. The quantitative estimate of drug-likeness (QED) is 0.679. The second-order valence-corrected chi connectivity index (χ2v) is 11.8. The van der Waals surface area contributed by atoms with E-state index in [0.29, 0.717) is 41.4 Å². The summed E-state index contributed by atoms with van der Waals surface area (Å²) in [5.74, 6) is 1.03. The summed E-state index contributed by atoms with van der Waals surface area (Å²) in [5.41, 5.74) is -0.748. The first kappa shape index (κ1) is 22.1. The van der Waals surface area contributed by atoms with E-state index in [4.69, 9.17) is 21.6 Å². The summed E-state index contributed by atoms with van der Waals surface area (Å²) < 4.78 is 6.29. The summed E-state index contributed by atoms with van der Waals surface area (Å²) >= 11 is 6.16. The minimum absolute atomic E-state index is 0.0273. The molecular formula is C25H31ClN2O3. The minimum Gasteiger partial charge on any atom is -0.489 e. The molecular weight excluding hydrogens is 412 g/mol. The van der Waals surface area contributed by atoms with Gasteiger partial charge in [-0.2, -0.15) is 5.26 Å². The van der Waals surface area contributed by atoms with E-state index in [0.717, 1.165) is 0 Å². The summed E-state index contributed by atoms with van der Waals surface area (Å²) in [6.45, 7) is 12.3. The van der Waals surface area contributed by atoms with Gasteiger partial charge in [-0.15, -0.1) is 0 Å². The van der Waals surface area contributed by atoms with Crippen molar-refractivity contribution in [1.82, 2.24) is 5.32 Å². The first-order valence-electron chi connectivity index (χ1n) is 11.0. The topological polar surface area (TPSA) is 79.2 Å². The number of nitrogens with zero attached hydrogens (tertiary/aromatic N) is 1. The van der Waals surface area contributed by atoms with Crippen molar-refractivity contribution in [1.29, 1.82) is 5.26 Å². The highest BCUT2D eigenvalue weighted by atomic mass is 35.5. The lowest BCUT2D eigenvalue weighted by Crippen LogP contribution is -2.78. The van der Waals surface area contributed by atoms with Crippen molar-refractivity contribution in [3.8, 4) is 11.8 Å². The van der Waals surface area contributed by atoms with Crippen molar-refractivity contribution in [2.45, 2.75) is 73.0 Å². The van der Waals surface area contributed by atoms with Crippen molar-refractivity contribution in [2.24, 2.45) is 27.6 Å². The number of carbonyl (C=O) groups is 2. The van der Waals surface area contributed by atoms with Gasteiger partial charge in [0.05, 0.1) is 16.0 Å². The lowest BCUT2D eigenvalue weighted by Gasteiger charge is -2.70. The van der Waals surface area contributed by atoms with Crippen LogP contribution in [0.15, 0.2) is 18.2 Å². The lowest BCUT2D eigenvalue weighted by molar-refractivity contribution is -0.217. The number of ether oxygens (including phenoxy) is 1. The molecule has 6 heteroatoms. The fourth-order valence-corrected chi connectivity index (χ4v) is 7.00. The van der Waals surface area contributed by atoms with Crippen LogP contribution in [-0.4, -0.2) is 23.8 Å². The lowest BCUT2D eigenvalue weighted by atomic mass is 9.33. The molecule has 5 nitrogen and oxygen atoms in total. The molecule has 0 heterocycles. The van der Waals surface area contributed by atoms with Gasteiger partial charge in [-0.05, 0) is 31.4 Å². The van der Waals surface area contributed by atoms with E-state index in [1.54, 1.807) is 18.2 Å². The third-order valence-corrected chi connectivity index (χ3v) is 8.30. The van der Waals surface area contributed by atoms with Crippen molar-refractivity contribution in [2.75, 3.05) is 0 Å². The number of halogens is 1. The number of ketones is 1. The van der Waals surface area contributed by atoms with Crippen molar-refractivity contribution >= 4 is 23.3 Å². The normalized spacial score (nSPS) is 33.9. The van der Waals surface area contributed by atoms with Gasteiger partial charge in [0.15, 0.2) is 0 Å². The Morgan fingerprint density at radius 3 is 2.19 bits per heavy atom. The minimum atomic E-state index is -0.358. The molecule has 0 aromatic heterocycles. The summed E-state index contributed by atoms with van der Waals surface area (Å²) in [6.07, 6.45) is 1.96. The highest BCUT2D eigenvalue weighted by molar-refractivity contribution is 6.31. The Morgan fingerprint density at radius 2 is 1.71 bits per heavy atom. The van der Waals surface area contributed by atoms with Crippen LogP contribution in [0.2, 0.25) is 5.02 Å². The number of carbonyl (C=O) groups excluding carboxylic acids is 2. The van der Waals surface area contributed by atoms with Gasteiger partial charge >= 0.3 is 0 Å². The fourth-order valence-electron chi connectivity index (χ4n) is 6.78. The summed E-state index contributed by atoms with van der Waals surface area (Å²) in [6, 6.07) is 7.10. The Bertz CT molecular complexity index is 969. The number of hydrogen-bond donors (Lipinski definition) is 1. The molecule has 0 aliphatic heterocycles. The number of amides is 1. The Kier molecular flexibility index (Phi) is 4.80. The molecule has 166 valence electrons. The molecule has 0 spiro atoms. The third-order valence-electron chi connectivity index (χ3n) is 7.99. The van der Waals surface area contributed by atoms with Gasteiger partial charge < -0.3 is 10.1 Å². The zero-order valence-corrected chi connectivity index (χ0v) is 19.9. The van der Waals surface area contributed by atoms with Crippen LogP contribution < -0.4 is 10.1 Å². The molecule has 1 amide bonds. The van der Waals surface area contributed by atoms with Gasteiger partial charge in [0.1, 0.15) is 23.7 Å². The van der Waals surface area contributed by atoms with Crippen LogP contribution in [0.25, 0.3) is 0 Å². The maximum absolute atomic E-state index is 13.2. The largest absolute Gasteiger partial charge is 0.489 e. The first-order chi connectivity index (χ1) is 14.3. The number of rotatable bonds is 6. The molecule has 4 saturated carbocycles. The van der Waals surface area contributed by atoms with Crippen LogP contribution in [0, 0.1) is 38.9 Å². The van der Waals surface area contributed by atoms with Gasteiger partial charge in [0, 0.05) is 34.3 Å². The molecule has 1 N–H and O–H groups in total. The maximum atomic E-state index is 13.2. The van der Waals surface area contributed by atoms with Crippen molar-refractivity contribution in [3.63, 3.8) is 0 Å². The first-order valence-corrected chi connectivity index (χ1v) is 11.4. The molecule has 4 aliphatic carbocycles.